The molecule has 0 atom stereocenters. The summed E-state index contributed by atoms with van der Waals surface area (Å²) in [6.07, 6.45) is 3.13. The number of carbonyl (C=O) groups is 1. The van der Waals surface area contributed by atoms with Crippen molar-refractivity contribution in [2.24, 2.45) is 4.99 Å². The lowest BCUT2D eigenvalue weighted by molar-refractivity contribution is 0.0997. The number of rotatable bonds is 8. The van der Waals surface area contributed by atoms with Gasteiger partial charge in [-0.2, -0.15) is 21.1 Å². The van der Waals surface area contributed by atoms with Crippen LogP contribution < -0.4 is 4.80 Å². The van der Waals surface area contributed by atoms with Gasteiger partial charge in [0, 0.05) is 37.2 Å². The first-order chi connectivity index (χ1) is 15.9. The van der Waals surface area contributed by atoms with E-state index in [0.29, 0.717) is 16.0 Å². The van der Waals surface area contributed by atoms with Crippen molar-refractivity contribution in [1.82, 2.24) is 8.87 Å². The number of aryl methyl sites for hydroxylation is 1. The molecule has 0 N–H and O–H groups in total. The highest BCUT2D eigenvalue weighted by Crippen LogP contribution is 2.23. The van der Waals surface area contributed by atoms with E-state index in [9.17, 15) is 21.6 Å². The molecule has 8 nitrogen and oxygen atoms in total. The molecule has 3 rings (SSSR count). The molecule has 0 fully saturated rings. The maximum absolute atomic E-state index is 12.9. The van der Waals surface area contributed by atoms with E-state index in [-0.39, 0.29) is 21.4 Å². The van der Waals surface area contributed by atoms with Crippen LogP contribution in [0.5, 0.6) is 0 Å². The molecule has 0 aliphatic carbocycles. The first-order valence-corrected chi connectivity index (χ1v) is 15.9. The third kappa shape index (κ3) is 5.62. The lowest BCUT2D eigenvalue weighted by atomic mass is 10.2. The van der Waals surface area contributed by atoms with E-state index in [1.807, 2.05) is 10.8 Å². The molecule has 0 saturated heterocycles. The fourth-order valence-corrected chi connectivity index (χ4v) is 6.68. The van der Waals surface area contributed by atoms with Gasteiger partial charge in [0.25, 0.3) is 5.91 Å². The SMILES string of the molecule is CSCCn1c(=NC(=O)c2ccc(S(=O)(=O)N(C)C(C)C)cc2)sc2cc(S(C)(=O)=O)ccc21. The van der Waals surface area contributed by atoms with Crippen molar-refractivity contribution in [2.75, 3.05) is 25.3 Å². The molecule has 1 amide bonds. The molecule has 34 heavy (non-hydrogen) atoms. The van der Waals surface area contributed by atoms with Crippen LogP contribution in [0.4, 0.5) is 0 Å². The number of carbonyl (C=O) groups excluding carboxylic acids is 1. The Balaban J connectivity index is 2.03. The Labute approximate surface area is 208 Å². The molecule has 12 heteroatoms. The number of hydrogen-bond donors (Lipinski definition) is 0. The van der Waals surface area contributed by atoms with Gasteiger partial charge in [0.1, 0.15) is 0 Å². The van der Waals surface area contributed by atoms with Crippen molar-refractivity contribution in [2.45, 2.75) is 36.2 Å². The number of nitrogens with zero attached hydrogens (tertiary/aromatic N) is 3. The van der Waals surface area contributed by atoms with Crippen LogP contribution >= 0.6 is 23.1 Å². The second-order valence-electron chi connectivity index (χ2n) is 7.99. The van der Waals surface area contributed by atoms with Gasteiger partial charge in [0.05, 0.1) is 20.0 Å². The number of hydrogen-bond acceptors (Lipinski definition) is 7. The van der Waals surface area contributed by atoms with Crippen LogP contribution in [0.15, 0.2) is 57.2 Å². The summed E-state index contributed by atoms with van der Waals surface area (Å²) in [5.74, 6) is 0.283. The second-order valence-corrected chi connectivity index (χ2v) is 14.0. The lowest BCUT2D eigenvalue weighted by Gasteiger charge is -2.20. The zero-order valence-electron chi connectivity index (χ0n) is 19.5. The molecule has 0 saturated carbocycles. The minimum Gasteiger partial charge on any atom is -0.316 e. The van der Waals surface area contributed by atoms with Gasteiger partial charge >= 0.3 is 0 Å². The largest absolute Gasteiger partial charge is 0.316 e. The molecule has 3 aromatic rings. The van der Waals surface area contributed by atoms with Crippen LogP contribution in [0.3, 0.4) is 0 Å². The lowest BCUT2D eigenvalue weighted by Crippen LogP contribution is -2.33. The maximum Gasteiger partial charge on any atom is 0.279 e. The van der Waals surface area contributed by atoms with Crippen molar-refractivity contribution < 1.29 is 21.6 Å². The molecule has 1 aromatic heterocycles. The Kier molecular flexibility index (Phi) is 8.08. The molecule has 1 heterocycles. The number of aromatic nitrogens is 1. The number of sulfone groups is 1. The topological polar surface area (TPSA) is 106 Å². The summed E-state index contributed by atoms with van der Waals surface area (Å²) in [5.41, 5.74) is 1.06. The maximum atomic E-state index is 12.9. The quantitative estimate of drug-likeness (QED) is 0.434. The molecular weight excluding hydrogens is 515 g/mol. The number of fused-ring (bicyclic) bond motifs is 1. The van der Waals surface area contributed by atoms with Crippen molar-refractivity contribution >= 4 is 59.1 Å². The summed E-state index contributed by atoms with van der Waals surface area (Å²) >= 11 is 2.89. The predicted molar refractivity (Wildman–Crippen MR) is 138 cm³/mol. The van der Waals surface area contributed by atoms with Gasteiger partial charge in [0.2, 0.25) is 10.0 Å². The summed E-state index contributed by atoms with van der Waals surface area (Å²) in [5, 5.41) is 0. The van der Waals surface area contributed by atoms with E-state index < -0.39 is 25.8 Å². The van der Waals surface area contributed by atoms with Gasteiger partial charge in [-0.3, -0.25) is 4.79 Å². The summed E-state index contributed by atoms with van der Waals surface area (Å²) in [4.78, 5) is 18.0. The molecule has 0 radical (unpaired) electrons. The number of sulfonamides is 1. The van der Waals surface area contributed by atoms with Gasteiger partial charge in [-0.05, 0) is 62.6 Å². The number of benzene rings is 2. The summed E-state index contributed by atoms with van der Waals surface area (Å²) in [7, 11) is -5.51. The molecule has 0 bridgehead atoms. The summed E-state index contributed by atoms with van der Waals surface area (Å²) < 4.78 is 53.1. The zero-order valence-corrected chi connectivity index (χ0v) is 22.8. The molecule has 0 aliphatic rings. The number of thioether (sulfide) groups is 1. The van der Waals surface area contributed by atoms with E-state index in [4.69, 9.17) is 0 Å². The molecule has 184 valence electrons. The second kappa shape index (κ2) is 10.3. The fourth-order valence-electron chi connectivity index (χ4n) is 3.13. The summed E-state index contributed by atoms with van der Waals surface area (Å²) in [6, 6.07) is 10.4. The molecule has 2 aromatic carbocycles. The van der Waals surface area contributed by atoms with Crippen molar-refractivity contribution in [3.8, 4) is 0 Å². The monoisotopic (exact) mass is 541 g/mol. The number of thiazole rings is 1. The van der Waals surface area contributed by atoms with E-state index >= 15 is 0 Å². The average molecular weight is 542 g/mol. The van der Waals surface area contributed by atoms with Crippen LogP contribution in [0.25, 0.3) is 10.2 Å². The van der Waals surface area contributed by atoms with Gasteiger partial charge in [-0.1, -0.05) is 11.3 Å². The first-order valence-electron chi connectivity index (χ1n) is 10.4. The van der Waals surface area contributed by atoms with E-state index in [1.54, 1.807) is 43.8 Å². The van der Waals surface area contributed by atoms with Gasteiger partial charge < -0.3 is 4.57 Å². The highest BCUT2D eigenvalue weighted by Gasteiger charge is 2.23. The minimum absolute atomic E-state index is 0.102. The van der Waals surface area contributed by atoms with Crippen LogP contribution in [-0.2, 0) is 26.4 Å². The Morgan fingerprint density at radius 2 is 1.71 bits per heavy atom. The van der Waals surface area contributed by atoms with E-state index in [0.717, 1.165) is 17.5 Å². The average Bonchev–Trinajstić information content (AvgIpc) is 3.12. The predicted octanol–water partition coefficient (Wildman–Crippen LogP) is 3.24. The Hall–Kier alpha value is -1.99. The third-order valence-corrected chi connectivity index (χ3v) is 10.1. The van der Waals surface area contributed by atoms with Crippen LogP contribution in [-0.4, -0.2) is 63.0 Å². The highest BCUT2D eigenvalue weighted by atomic mass is 32.2. The minimum atomic E-state index is -3.65. The molecular formula is C22H27N3O5S4. The normalized spacial score (nSPS) is 13.3. The van der Waals surface area contributed by atoms with E-state index in [1.165, 1.54) is 47.0 Å². The smallest absolute Gasteiger partial charge is 0.279 e. The van der Waals surface area contributed by atoms with E-state index in [2.05, 4.69) is 4.99 Å². The third-order valence-electron chi connectivity index (χ3n) is 5.30. The van der Waals surface area contributed by atoms with Crippen molar-refractivity contribution in [3.63, 3.8) is 0 Å². The zero-order chi connectivity index (χ0) is 25.3. The molecule has 0 spiro atoms. The Morgan fingerprint density at radius 3 is 2.26 bits per heavy atom. The molecule has 0 unspecified atom stereocenters. The fraction of sp³-hybridized carbons (Fsp3) is 0.364. The number of amides is 1. The van der Waals surface area contributed by atoms with Crippen molar-refractivity contribution in [3.05, 3.63) is 52.8 Å². The summed E-state index contributed by atoms with van der Waals surface area (Å²) in [6.45, 7) is 4.17. The van der Waals surface area contributed by atoms with Crippen LogP contribution in [0.2, 0.25) is 0 Å². The standard InChI is InChI=1S/C22H27N3O5S4/c1-15(2)24(3)34(29,30)17-8-6-16(7-9-17)21(26)23-22-25(12-13-31-4)19-11-10-18(33(5,27)28)14-20(19)32-22/h6-11,14-15H,12-13H2,1-5H3. The van der Waals surface area contributed by atoms with Crippen LogP contribution in [0, 0.1) is 0 Å². The van der Waals surface area contributed by atoms with Crippen molar-refractivity contribution in [1.29, 1.82) is 0 Å². The first kappa shape index (κ1) is 26.6. The van der Waals surface area contributed by atoms with Gasteiger partial charge in [0.15, 0.2) is 14.6 Å². The Bertz CT molecular complexity index is 1490. The molecule has 0 aliphatic heterocycles. The highest BCUT2D eigenvalue weighted by molar-refractivity contribution is 7.98. The Morgan fingerprint density at radius 1 is 1.09 bits per heavy atom. The van der Waals surface area contributed by atoms with Crippen LogP contribution in [0.1, 0.15) is 24.2 Å². The van der Waals surface area contributed by atoms with Gasteiger partial charge in [-0.15, -0.1) is 0 Å². The van der Waals surface area contributed by atoms with Gasteiger partial charge in [-0.25, -0.2) is 16.8 Å².